The first-order valence-electron chi connectivity index (χ1n) is 11.5. The van der Waals surface area contributed by atoms with Crippen LogP contribution in [0.2, 0.25) is 0 Å². The maximum Gasteiger partial charge on any atom is 0.0777 e. The van der Waals surface area contributed by atoms with E-state index in [9.17, 15) is 10.2 Å². The molecule has 3 heteroatoms. The van der Waals surface area contributed by atoms with E-state index in [0.29, 0.717) is 30.3 Å². The van der Waals surface area contributed by atoms with Crippen molar-refractivity contribution >= 4 is 0 Å². The normalized spacial score (nSPS) is 47.1. The Hall–Kier alpha value is -0.820. The highest BCUT2D eigenvalue weighted by Gasteiger charge is 2.61. The van der Waals surface area contributed by atoms with Gasteiger partial charge in [0, 0.05) is 6.54 Å². The lowest BCUT2D eigenvalue weighted by Gasteiger charge is -2.59. The number of rotatable bonds is 4. The second-order valence-corrected chi connectivity index (χ2v) is 11.0. The van der Waals surface area contributed by atoms with Gasteiger partial charge in [0.1, 0.15) is 0 Å². The molecule has 0 spiro atoms. The van der Waals surface area contributed by atoms with Crippen LogP contribution in [0, 0.1) is 46.8 Å². The molecule has 3 N–H and O–H groups in total. The lowest BCUT2D eigenvalue weighted by atomic mass is 9.47. The second-order valence-electron chi connectivity index (χ2n) is 11.0. The molecule has 0 aromatic rings. The summed E-state index contributed by atoms with van der Waals surface area (Å²) in [5.41, 5.74) is 1.34. The van der Waals surface area contributed by atoms with Gasteiger partial charge in [-0.15, -0.1) is 6.42 Å². The standard InChI is InChI=1S/C25H39NO2/c1-5-14-26-16-25(4,28)22-9-8-20-19-7-6-17-15-18(27)10-12-23(17,2)21(19)11-13-24(20,22)3/h1,6,18-22,26-28H,7-16H2,2-4H3/t18-,19-,20-,21-,22-,23-,24-,25-/m0/s1. The minimum absolute atomic E-state index is 0.133. The van der Waals surface area contributed by atoms with E-state index in [1.54, 1.807) is 0 Å². The van der Waals surface area contributed by atoms with Gasteiger partial charge >= 0.3 is 0 Å². The van der Waals surface area contributed by atoms with E-state index in [1.165, 1.54) is 31.3 Å². The minimum Gasteiger partial charge on any atom is -0.393 e. The highest BCUT2D eigenvalue weighted by Crippen LogP contribution is 2.67. The predicted molar refractivity (Wildman–Crippen MR) is 114 cm³/mol. The quantitative estimate of drug-likeness (QED) is 0.391. The SMILES string of the molecule is C#CCNC[C@](C)(O)[C@H]1CC[C@H]2[C@@H]3CC=C4C[C@@H](O)CC[C@]4(C)[C@H]3CC[C@@]21C. The molecule has 3 saturated carbocycles. The fourth-order valence-electron chi connectivity index (χ4n) is 8.17. The lowest BCUT2D eigenvalue weighted by Crippen LogP contribution is -2.54. The maximum absolute atomic E-state index is 11.3. The maximum atomic E-state index is 11.3. The Morgan fingerprint density at radius 3 is 2.75 bits per heavy atom. The fraction of sp³-hybridized carbons (Fsp3) is 0.840. The molecule has 0 amide bonds. The van der Waals surface area contributed by atoms with E-state index in [1.807, 2.05) is 6.92 Å². The molecule has 4 rings (SSSR count). The topological polar surface area (TPSA) is 52.5 Å². The summed E-state index contributed by atoms with van der Waals surface area (Å²) in [5.74, 6) is 5.15. The van der Waals surface area contributed by atoms with Crippen molar-refractivity contribution in [2.45, 2.75) is 83.8 Å². The van der Waals surface area contributed by atoms with Crippen LogP contribution in [-0.4, -0.2) is 35.0 Å². The summed E-state index contributed by atoms with van der Waals surface area (Å²) < 4.78 is 0. The molecule has 0 radical (unpaired) electrons. The zero-order chi connectivity index (χ0) is 20.2. The van der Waals surface area contributed by atoms with Crippen molar-refractivity contribution in [3.63, 3.8) is 0 Å². The smallest absolute Gasteiger partial charge is 0.0777 e. The molecule has 156 valence electrons. The van der Waals surface area contributed by atoms with E-state index < -0.39 is 5.60 Å². The molecule has 28 heavy (non-hydrogen) atoms. The Kier molecular flexibility index (Phi) is 5.22. The van der Waals surface area contributed by atoms with Crippen LogP contribution in [0.3, 0.4) is 0 Å². The highest BCUT2D eigenvalue weighted by atomic mass is 16.3. The van der Waals surface area contributed by atoms with Gasteiger partial charge in [0.15, 0.2) is 0 Å². The van der Waals surface area contributed by atoms with Gasteiger partial charge in [0.05, 0.1) is 18.2 Å². The van der Waals surface area contributed by atoms with Crippen molar-refractivity contribution in [2.24, 2.45) is 34.5 Å². The summed E-state index contributed by atoms with van der Waals surface area (Å²) >= 11 is 0. The molecule has 0 saturated heterocycles. The summed E-state index contributed by atoms with van der Waals surface area (Å²) in [7, 11) is 0. The zero-order valence-corrected chi connectivity index (χ0v) is 18.0. The fourth-order valence-corrected chi connectivity index (χ4v) is 8.17. The number of hydrogen-bond donors (Lipinski definition) is 3. The van der Waals surface area contributed by atoms with Gasteiger partial charge in [-0.3, -0.25) is 0 Å². The van der Waals surface area contributed by atoms with Gasteiger partial charge in [-0.2, -0.15) is 0 Å². The van der Waals surface area contributed by atoms with Gasteiger partial charge < -0.3 is 15.5 Å². The highest BCUT2D eigenvalue weighted by molar-refractivity contribution is 5.25. The van der Waals surface area contributed by atoms with Gasteiger partial charge in [-0.25, -0.2) is 0 Å². The molecule has 0 unspecified atom stereocenters. The average molecular weight is 386 g/mol. The second kappa shape index (κ2) is 7.15. The Bertz CT molecular complexity index is 677. The molecule has 3 fully saturated rings. The molecule has 3 nitrogen and oxygen atoms in total. The summed E-state index contributed by atoms with van der Waals surface area (Å²) in [6.07, 6.45) is 16.8. The van der Waals surface area contributed by atoms with E-state index in [0.717, 1.165) is 37.5 Å². The van der Waals surface area contributed by atoms with Crippen molar-refractivity contribution in [1.82, 2.24) is 5.32 Å². The van der Waals surface area contributed by atoms with Crippen LogP contribution in [0.25, 0.3) is 0 Å². The Balaban J connectivity index is 1.56. The molecule has 4 aliphatic carbocycles. The number of fused-ring (bicyclic) bond motifs is 5. The average Bonchev–Trinajstić information content (AvgIpc) is 3.00. The first-order valence-corrected chi connectivity index (χ1v) is 11.5. The predicted octanol–water partition coefficient (Wildman–Crippen LogP) is 3.90. The van der Waals surface area contributed by atoms with Crippen LogP contribution in [0.1, 0.15) is 72.1 Å². The van der Waals surface area contributed by atoms with Crippen molar-refractivity contribution in [3.05, 3.63) is 11.6 Å². The molecule has 4 aliphatic rings. The third kappa shape index (κ3) is 3.08. The number of aliphatic hydroxyl groups excluding tert-OH is 1. The van der Waals surface area contributed by atoms with Gasteiger partial charge in [-0.1, -0.05) is 31.4 Å². The first kappa shape index (κ1) is 20.5. The number of nitrogens with one attached hydrogen (secondary N) is 1. The van der Waals surface area contributed by atoms with E-state index >= 15 is 0 Å². The molecule has 0 aromatic heterocycles. The first-order chi connectivity index (χ1) is 13.2. The van der Waals surface area contributed by atoms with Gasteiger partial charge in [0.25, 0.3) is 0 Å². The number of aliphatic hydroxyl groups is 2. The van der Waals surface area contributed by atoms with Gasteiger partial charge in [0.2, 0.25) is 0 Å². The Morgan fingerprint density at radius 2 is 2.00 bits per heavy atom. The van der Waals surface area contributed by atoms with Crippen LogP contribution in [0.4, 0.5) is 0 Å². The molecule has 0 bridgehead atoms. The van der Waals surface area contributed by atoms with E-state index in [-0.39, 0.29) is 11.5 Å². The van der Waals surface area contributed by atoms with Crippen molar-refractivity contribution < 1.29 is 10.2 Å². The van der Waals surface area contributed by atoms with Crippen molar-refractivity contribution in [1.29, 1.82) is 0 Å². The summed E-state index contributed by atoms with van der Waals surface area (Å²) in [5, 5.41) is 24.8. The van der Waals surface area contributed by atoms with Crippen LogP contribution >= 0.6 is 0 Å². The number of hydrogen-bond acceptors (Lipinski definition) is 3. The number of terminal acetylenes is 1. The van der Waals surface area contributed by atoms with Crippen molar-refractivity contribution in [3.8, 4) is 12.3 Å². The summed E-state index contributed by atoms with van der Waals surface area (Å²) in [6, 6.07) is 0. The van der Waals surface area contributed by atoms with Crippen LogP contribution in [0.15, 0.2) is 11.6 Å². The van der Waals surface area contributed by atoms with Crippen LogP contribution in [-0.2, 0) is 0 Å². The third-order valence-electron chi connectivity index (χ3n) is 9.54. The largest absolute Gasteiger partial charge is 0.393 e. The van der Waals surface area contributed by atoms with E-state index in [4.69, 9.17) is 6.42 Å². The Labute approximate surface area is 171 Å². The molecule has 0 heterocycles. The van der Waals surface area contributed by atoms with Crippen molar-refractivity contribution in [2.75, 3.05) is 13.1 Å². The number of allylic oxidation sites excluding steroid dienone is 1. The molecular weight excluding hydrogens is 346 g/mol. The molecule has 0 aromatic carbocycles. The van der Waals surface area contributed by atoms with Crippen LogP contribution < -0.4 is 5.32 Å². The minimum atomic E-state index is -0.707. The molecular formula is C25H39NO2. The third-order valence-corrected chi connectivity index (χ3v) is 9.54. The van der Waals surface area contributed by atoms with Crippen LogP contribution in [0.5, 0.6) is 0 Å². The lowest BCUT2D eigenvalue weighted by molar-refractivity contribution is -0.100. The zero-order valence-electron chi connectivity index (χ0n) is 18.0. The Morgan fingerprint density at radius 1 is 1.21 bits per heavy atom. The van der Waals surface area contributed by atoms with Gasteiger partial charge in [-0.05, 0) is 92.8 Å². The summed E-state index contributed by atoms with van der Waals surface area (Å²) in [6.45, 7) is 8.07. The molecule has 0 aliphatic heterocycles. The summed E-state index contributed by atoms with van der Waals surface area (Å²) in [4.78, 5) is 0. The van der Waals surface area contributed by atoms with E-state index in [2.05, 4.69) is 31.2 Å². The monoisotopic (exact) mass is 385 g/mol. The molecule has 8 atom stereocenters.